The first-order valence-corrected chi connectivity index (χ1v) is 6.79. The Labute approximate surface area is 114 Å². The summed E-state index contributed by atoms with van der Waals surface area (Å²) >= 11 is 0. The molecule has 1 aliphatic heterocycles. The van der Waals surface area contributed by atoms with Gasteiger partial charge in [-0.3, -0.25) is 4.79 Å². The highest BCUT2D eigenvalue weighted by Crippen LogP contribution is 2.21. The normalized spacial score (nSPS) is 23.6. The van der Waals surface area contributed by atoms with Crippen LogP contribution in [-0.2, 0) is 4.74 Å². The Hall–Kier alpha value is -1.49. The molecule has 3 N–H and O–H groups in total. The van der Waals surface area contributed by atoms with E-state index in [4.69, 9.17) is 10.5 Å². The topological polar surface area (TPSA) is 69.3 Å². The molecular weight excluding hydrogens is 242 g/mol. The summed E-state index contributed by atoms with van der Waals surface area (Å²) in [5.74, 6) is -0.0848. The summed E-state index contributed by atoms with van der Waals surface area (Å²) in [7, 11) is 0. The van der Waals surface area contributed by atoms with Crippen LogP contribution in [0.5, 0.6) is 0 Å². The van der Waals surface area contributed by atoms with Crippen LogP contribution in [0.2, 0.25) is 0 Å². The Balaban J connectivity index is 2.15. The molecule has 2 rings (SSSR count). The van der Waals surface area contributed by atoms with Crippen LogP contribution in [-0.4, -0.2) is 29.2 Å². The number of nitrogens with one attached hydrogen (secondary N) is 1. The van der Waals surface area contributed by atoms with Crippen LogP contribution in [0.25, 0.3) is 0 Å². The van der Waals surface area contributed by atoms with Gasteiger partial charge in [-0.25, -0.2) is 0 Å². The standard InChI is InChI=1S/C14H23N3O2/c1-10(2)17-8-11(15)7-12(17)13(18)16-14(3)5-4-6-19-9-14/h7-8,10H,4-6,9,15H2,1-3H3,(H,16,18). The lowest BCUT2D eigenvalue weighted by atomic mass is 9.95. The van der Waals surface area contributed by atoms with Gasteiger partial charge in [-0.1, -0.05) is 0 Å². The molecule has 0 aliphatic carbocycles. The lowest BCUT2D eigenvalue weighted by molar-refractivity contribution is 0.0270. The molecule has 1 amide bonds. The molecule has 19 heavy (non-hydrogen) atoms. The van der Waals surface area contributed by atoms with Crippen LogP contribution in [0.4, 0.5) is 5.69 Å². The van der Waals surface area contributed by atoms with Crippen LogP contribution < -0.4 is 11.1 Å². The largest absolute Gasteiger partial charge is 0.397 e. The van der Waals surface area contributed by atoms with E-state index in [9.17, 15) is 4.79 Å². The summed E-state index contributed by atoms with van der Waals surface area (Å²) in [5.41, 5.74) is 6.74. The van der Waals surface area contributed by atoms with Crippen LogP contribution >= 0.6 is 0 Å². The van der Waals surface area contributed by atoms with Crippen LogP contribution in [0.1, 0.15) is 50.1 Å². The van der Waals surface area contributed by atoms with Gasteiger partial charge in [0.1, 0.15) is 5.69 Å². The zero-order valence-corrected chi connectivity index (χ0v) is 11.9. The number of nitrogens with two attached hydrogens (primary N) is 1. The third kappa shape index (κ3) is 3.10. The van der Waals surface area contributed by atoms with Gasteiger partial charge in [-0.15, -0.1) is 0 Å². The number of hydrogen-bond acceptors (Lipinski definition) is 3. The van der Waals surface area contributed by atoms with Crippen LogP contribution in [0.3, 0.4) is 0 Å². The highest BCUT2D eigenvalue weighted by molar-refractivity contribution is 5.94. The number of aromatic nitrogens is 1. The molecule has 1 atom stereocenters. The molecule has 5 heteroatoms. The van der Waals surface area contributed by atoms with Crippen molar-refractivity contribution in [3.8, 4) is 0 Å². The Kier molecular flexibility index (Phi) is 3.85. The number of rotatable bonds is 3. The van der Waals surface area contributed by atoms with Crippen molar-refractivity contribution >= 4 is 11.6 Å². The van der Waals surface area contributed by atoms with E-state index in [1.807, 2.05) is 25.3 Å². The molecule has 1 aromatic heterocycles. The Morgan fingerprint density at radius 1 is 1.58 bits per heavy atom. The van der Waals surface area contributed by atoms with Crippen molar-refractivity contribution in [2.75, 3.05) is 18.9 Å². The lowest BCUT2D eigenvalue weighted by Gasteiger charge is -2.34. The van der Waals surface area contributed by atoms with Crippen LogP contribution in [0.15, 0.2) is 12.3 Å². The van der Waals surface area contributed by atoms with E-state index in [1.54, 1.807) is 12.3 Å². The number of carbonyl (C=O) groups excluding carboxylic acids is 1. The second kappa shape index (κ2) is 5.25. The predicted octanol–water partition coefficient (Wildman–Crippen LogP) is 1.95. The van der Waals surface area contributed by atoms with Gasteiger partial charge in [-0.05, 0) is 39.7 Å². The summed E-state index contributed by atoms with van der Waals surface area (Å²) in [4.78, 5) is 12.4. The summed E-state index contributed by atoms with van der Waals surface area (Å²) in [6.45, 7) is 7.43. The molecule has 1 unspecified atom stereocenters. The minimum Gasteiger partial charge on any atom is -0.397 e. The Bertz CT molecular complexity index is 459. The van der Waals surface area contributed by atoms with Gasteiger partial charge in [0.15, 0.2) is 0 Å². The van der Waals surface area contributed by atoms with Crippen LogP contribution in [0, 0.1) is 0 Å². The molecule has 1 aromatic rings. The number of hydrogen-bond donors (Lipinski definition) is 2. The van der Waals surface area contributed by atoms with Gasteiger partial charge < -0.3 is 20.4 Å². The predicted molar refractivity (Wildman–Crippen MR) is 75.2 cm³/mol. The number of amides is 1. The van der Waals surface area contributed by atoms with Crippen molar-refractivity contribution in [1.29, 1.82) is 0 Å². The van der Waals surface area contributed by atoms with Gasteiger partial charge >= 0.3 is 0 Å². The average Bonchev–Trinajstić information content (AvgIpc) is 2.72. The molecule has 0 radical (unpaired) electrons. The van der Waals surface area contributed by atoms with Gasteiger partial charge in [0.25, 0.3) is 5.91 Å². The van der Waals surface area contributed by atoms with E-state index < -0.39 is 0 Å². The van der Waals surface area contributed by atoms with Crippen molar-refractivity contribution < 1.29 is 9.53 Å². The van der Waals surface area contributed by atoms with Crippen molar-refractivity contribution in [1.82, 2.24) is 9.88 Å². The number of anilines is 1. The molecule has 0 saturated carbocycles. The summed E-state index contributed by atoms with van der Waals surface area (Å²) < 4.78 is 7.36. The number of carbonyl (C=O) groups is 1. The molecule has 0 aromatic carbocycles. The van der Waals surface area contributed by atoms with Crippen molar-refractivity contribution in [2.45, 2.75) is 45.2 Å². The zero-order chi connectivity index (χ0) is 14.0. The van der Waals surface area contributed by atoms with Gasteiger partial charge in [-0.2, -0.15) is 0 Å². The highest BCUT2D eigenvalue weighted by atomic mass is 16.5. The average molecular weight is 265 g/mol. The molecular formula is C14H23N3O2. The minimum atomic E-state index is -0.282. The van der Waals surface area contributed by atoms with E-state index in [1.165, 1.54) is 0 Å². The molecule has 106 valence electrons. The molecule has 0 spiro atoms. The molecule has 0 bridgehead atoms. The third-order valence-corrected chi connectivity index (χ3v) is 3.51. The van der Waals surface area contributed by atoms with E-state index in [0.29, 0.717) is 18.0 Å². The van der Waals surface area contributed by atoms with Gasteiger partial charge in [0, 0.05) is 18.8 Å². The van der Waals surface area contributed by atoms with Crippen molar-refractivity contribution in [3.05, 3.63) is 18.0 Å². The second-order valence-electron chi connectivity index (χ2n) is 5.83. The van der Waals surface area contributed by atoms with E-state index in [-0.39, 0.29) is 17.5 Å². The first-order valence-electron chi connectivity index (χ1n) is 6.79. The highest BCUT2D eigenvalue weighted by Gasteiger charge is 2.30. The van der Waals surface area contributed by atoms with Gasteiger partial charge in [0.05, 0.1) is 17.8 Å². The minimum absolute atomic E-state index is 0.0848. The Morgan fingerprint density at radius 2 is 2.32 bits per heavy atom. The summed E-state index contributed by atoms with van der Waals surface area (Å²) in [6.07, 6.45) is 3.72. The fourth-order valence-corrected chi connectivity index (χ4v) is 2.48. The molecule has 5 nitrogen and oxygen atoms in total. The maximum absolute atomic E-state index is 12.4. The van der Waals surface area contributed by atoms with E-state index in [0.717, 1.165) is 19.4 Å². The number of nitrogens with zero attached hydrogens (tertiary/aromatic N) is 1. The van der Waals surface area contributed by atoms with Crippen molar-refractivity contribution in [3.63, 3.8) is 0 Å². The maximum Gasteiger partial charge on any atom is 0.268 e. The molecule has 1 aliphatic rings. The first kappa shape index (κ1) is 13.9. The SMILES string of the molecule is CC(C)n1cc(N)cc1C(=O)NC1(C)CCCOC1. The Morgan fingerprint density at radius 3 is 2.89 bits per heavy atom. The molecule has 1 saturated heterocycles. The van der Waals surface area contributed by atoms with Crippen molar-refractivity contribution in [2.24, 2.45) is 0 Å². The number of ether oxygens (including phenoxy) is 1. The van der Waals surface area contributed by atoms with Gasteiger partial charge in [0.2, 0.25) is 0 Å². The summed E-state index contributed by atoms with van der Waals surface area (Å²) in [6, 6.07) is 1.93. The fraction of sp³-hybridized carbons (Fsp3) is 0.643. The molecule has 2 heterocycles. The maximum atomic E-state index is 12.4. The quantitative estimate of drug-likeness (QED) is 0.877. The smallest absolute Gasteiger partial charge is 0.268 e. The van der Waals surface area contributed by atoms with E-state index in [2.05, 4.69) is 5.32 Å². The monoisotopic (exact) mass is 265 g/mol. The molecule has 1 fully saturated rings. The lowest BCUT2D eigenvalue weighted by Crippen LogP contribution is -2.51. The first-order chi connectivity index (χ1) is 8.91. The summed E-state index contributed by atoms with van der Waals surface area (Å²) in [5, 5.41) is 3.08. The van der Waals surface area contributed by atoms with E-state index >= 15 is 0 Å². The fourth-order valence-electron chi connectivity index (χ4n) is 2.48. The third-order valence-electron chi connectivity index (χ3n) is 3.51. The zero-order valence-electron chi connectivity index (χ0n) is 11.9. The second-order valence-corrected chi connectivity index (χ2v) is 5.83. The number of nitrogen functional groups attached to an aromatic ring is 1.